The molecule has 2 aliphatic rings. The Hall–Kier alpha value is -2.35. The van der Waals surface area contributed by atoms with Crippen LogP contribution >= 0.6 is 11.8 Å². The third-order valence-electron chi connectivity index (χ3n) is 6.59. The first-order valence-corrected chi connectivity index (χ1v) is 12.6. The summed E-state index contributed by atoms with van der Waals surface area (Å²) in [4.78, 5) is 33.4. The molecule has 2 aromatic carbocycles. The molecule has 176 valence electrons. The van der Waals surface area contributed by atoms with Crippen LogP contribution in [0.2, 0.25) is 0 Å². The summed E-state index contributed by atoms with van der Waals surface area (Å²) in [6, 6.07) is 14.0. The van der Waals surface area contributed by atoms with E-state index in [1.54, 1.807) is 31.9 Å². The smallest absolute Gasteiger partial charge is 0.294 e. The van der Waals surface area contributed by atoms with E-state index in [1.807, 2.05) is 18.2 Å². The van der Waals surface area contributed by atoms with Gasteiger partial charge in [0.05, 0.1) is 11.4 Å². The molecule has 7 heteroatoms. The van der Waals surface area contributed by atoms with Crippen LogP contribution < -0.4 is 4.90 Å². The number of carbonyl (C=O) groups is 2. The number of aliphatic hydroxyl groups excluding tert-OH is 1. The van der Waals surface area contributed by atoms with E-state index in [9.17, 15) is 14.7 Å². The van der Waals surface area contributed by atoms with Crippen LogP contribution in [0.15, 0.2) is 52.3 Å². The van der Waals surface area contributed by atoms with Crippen LogP contribution in [0.4, 0.5) is 11.4 Å². The van der Waals surface area contributed by atoms with Gasteiger partial charge in [-0.15, -0.1) is 0 Å². The number of hydrogen-bond acceptors (Lipinski definition) is 6. The van der Waals surface area contributed by atoms with Crippen molar-refractivity contribution in [1.82, 2.24) is 9.80 Å². The van der Waals surface area contributed by atoms with Crippen molar-refractivity contribution < 1.29 is 14.7 Å². The van der Waals surface area contributed by atoms with Crippen LogP contribution in [0.1, 0.15) is 36.0 Å². The van der Waals surface area contributed by atoms with Gasteiger partial charge in [0, 0.05) is 42.6 Å². The molecule has 0 aliphatic carbocycles. The summed E-state index contributed by atoms with van der Waals surface area (Å²) in [5.74, 6) is -0.322. The van der Waals surface area contributed by atoms with Crippen molar-refractivity contribution in [3.05, 3.63) is 48.0 Å². The molecule has 1 fully saturated rings. The molecule has 2 aromatic rings. The number of aliphatic hydroxyl groups is 1. The quantitative estimate of drug-likeness (QED) is 0.467. The predicted molar refractivity (Wildman–Crippen MR) is 133 cm³/mol. The Labute approximate surface area is 200 Å². The van der Waals surface area contributed by atoms with Crippen molar-refractivity contribution >= 4 is 34.8 Å². The van der Waals surface area contributed by atoms with E-state index in [1.165, 1.54) is 9.80 Å². The number of fused-ring (bicyclic) bond motifs is 2. The topological polar surface area (TPSA) is 64.1 Å². The second-order valence-corrected chi connectivity index (χ2v) is 10.2. The number of anilines is 2. The zero-order valence-corrected chi connectivity index (χ0v) is 20.3. The number of para-hydroxylation sites is 1. The number of carbonyl (C=O) groups excluding carboxylic acids is 2. The Morgan fingerprint density at radius 3 is 2.48 bits per heavy atom. The average Bonchev–Trinajstić information content (AvgIpc) is 2.83. The second kappa shape index (κ2) is 10.7. The maximum atomic E-state index is 12.7. The summed E-state index contributed by atoms with van der Waals surface area (Å²) in [5.41, 5.74) is 2.58. The minimum absolute atomic E-state index is 0.293. The van der Waals surface area contributed by atoms with Crippen LogP contribution in [-0.4, -0.2) is 73.5 Å². The Balaban J connectivity index is 1.49. The van der Waals surface area contributed by atoms with E-state index in [-0.39, 0.29) is 0 Å². The molecule has 0 saturated carbocycles. The highest BCUT2D eigenvalue weighted by atomic mass is 32.2. The first-order valence-electron chi connectivity index (χ1n) is 11.8. The van der Waals surface area contributed by atoms with Crippen molar-refractivity contribution in [1.29, 1.82) is 0 Å². The highest BCUT2D eigenvalue weighted by molar-refractivity contribution is 7.99. The number of nitrogens with zero attached hydrogens (tertiary/aromatic N) is 3. The molecule has 1 N–H and O–H groups in total. The lowest BCUT2D eigenvalue weighted by Gasteiger charge is -2.35. The lowest BCUT2D eigenvalue weighted by Crippen LogP contribution is -2.36. The number of likely N-dealkylation sites (tertiary alicyclic amines) is 1. The summed E-state index contributed by atoms with van der Waals surface area (Å²) in [6.45, 7) is 4.37. The number of piperidine rings is 1. The zero-order valence-electron chi connectivity index (χ0n) is 19.5. The van der Waals surface area contributed by atoms with E-state index in [0.29, 0.717) is 18.1 Å². The maximum absolute atomic E-state index is 12.7. The van der Waals surface area contributed by atoms with Gasteiger partial charge in [-0.3, -0.25) is 9.59 Å². The van der Waals surface area contributed by atoms with E-state index in [2.05, 4.69) is 28.0 Å². The van der Waals surface area contributed by atoms with Crippen molar-refractivity contribution in [2.75, 3.05) is 51.8 Å². The first kappa shape index (κ1) is 23.8. The third-order valence-corrected chi connectivity index (χ3v) is 7.72. The van der Waals surface area contributed by atoms with Crippen molar-refractivity contribution in [3.8, 4) is 0 Å². The van der Waals surface area contributed by atoms with Gasteiger partial charge in [0.1, 0.15) is 0 Å². The lowest BCUT2D eigenvalue weighted by atomic mass is 9.94. The first-order chi connectivity index (χ1) is 16.0. The number of amides is 1. The number of hydrogen-bond donors (Lipinski definition) is 1. The van der Waals surface area contributed by atoms with Gasteiger partial charge in [0.2, 0.25) is 5.78 Å². The number of Topliss-reactive ketones (excluding diaryl/α,β-unsaturated/α-hetero) is 1. The highest BCUT2D eigenvalue weighted by Gasteiger charge is 2.26. The molecular weight excluding hydrogens is 434 g/mol. The molecule has 0 radical (unpaired) electrons. The Morgan fingerprint density at radius 1 is 1.03 bits per heavy atom. The molecule has 0 unspecified atom stereocenters. The van der Waals surface area contributed by atoms with E-state index in [0.717, 1.165) is 68.1 Å². The fraction of sp³-hybridized carbons (Fsp3) is 0.462. The van der Waals surface area contributed by atoms with Crippen LogP contribution in [0.5, 0.6) is 0 Å². The van der Waals surface area contributed by atoms with E-state index in [4.69, 9.17) is 0 Å². The largest absolute Gasteiger partial charge is 0.396 e. The lowest BCUT2D eigenvalue weighted by molar-refractivity contribution is -0.124. The van der Waals surface area contributed by atoms with Gasteiger partial charge in [0.25, 0.3) is 5.91 Å². The summed E-state index contributed by atoms with van der Waals surface area (Å²) in [7, 11) is 3.20. The van der Waals surface area contributed by atoms with Gasteiger partial charge in [0.15, 0.2) is 0 Å². The molecule has 4 rings (SSSR count). The fourth-order valence-electron chi connectivity index (χ4n) is 4.67. The average molecular weight is 468 g/mol. The zero-order chi connectivity index (χ0) is 23.4. The molecule has 0 aromatic heterocycles. The third kappa shape index (κ3) is 5.42. The second-order valence-electron chi connectivity index (χ2n) is 9.08. The van der Waals surface area contributed by atoms with E-state index >= 15 is 0 Å². The summed E-state index contributed by atoms with van der Waals surface area (Å²) >= 11 is 1.71. The number of ketones is 1. The molecule has 33 heavy (non-hydrogen) atoms. The van der Waals surface area contributed by atoms with Crippen LogP contribution in [-0.2, 0) is 4.79 Å². The molecule has 6 nitrogen and oxygen atoms in total. The summed E-state index contributed by atoms with van der Waals surface area (Å²) in [6.07, 6.45) is 4.26. The van der Waals surface area contributed by atoms with Crippen molar-refractivity contribution in [2.45, 2.75) is 35.5 Å². The van der Waals surface area contributed by atoms with Crippen LogP contribution in [0.25, 0.3) is 0 Å². The Bertz CT molecular complexity index is 1000. The van der Waals surface area contributed by atoms with Crippen molar-refractivity contribution in [2.24, 2.45) is 5.92 Å². The van der Waals surface area contributed by atoms with Crippen LogP contribution in [0, 0.1) is 5.92 Å². The fourth-order valence-corrected chi connectivity index (χ4v) is 5.75. The minimum Gasteiger partial charge on any atom is -0.396 e. The standard InChI is InChI=1S/C26H33N3O3S/c1-27(2)26(32)25(31)20-8-9-24-22(18-20)29(21-6-3-4-7-23(21)33-24)14-5-13-28-15-10-19(11-16-28)12-17-30/h3-4,6-9,18-19,30H,5,10-17H2,1-2H3. The normalized spacial score (nSPS) is 16.3. The summed E-state index contributed by atoms with van der Waals surface area (Å²) in [5, 5.41) is 9.18. The number of benzene rings is 2. The Kier molecular flexibility index (Phi) is 7.73. The van der Waals surface area contributed by atoms with Gasteiger partial charge >= 0.3 is 0 Å². The van der Waals surface area contributed by atoms with Crippen LogP contribution in [0.3, 0.4) is 0 Å². The highest BCUT2D eigenvalue weighted by Crippen LogP contribution is 2.48. The van der Waals surface area contributed by atoms with Gasteiger partial charge in [-0.05, 0) is 81.6 Å². The molecule has 2 aliphatic heterocycles. The SMILES string of the molecule is CN(C)C(=O)C(=O)c1ccc2c(c1)N(CCCN1CCC(CCO)CC1)c1ccccc1S2. The predicted octanol–water partition coefficient (Wildman–Crippen LogP) is 4.04. The molecule has 0 atom stereocenters. The molecular formula is C26H33N3O3S. The van der Waals surface area contributed by atoms with Gasteiger partial charge in [-0.25, -0.2) is 0 Å². The van der Waals surface area contributed by atoms with Gasteiger partial charge in [-0.2, -0.15) is 0 Å². The molecule has 2 heterocycles. The maximum Gasteiger partial charge on any atom is 0.294 e. The number of rotatable bonds is 8. The molecule has 1 amide bonds. The molecule has 0 spiro atoms. The van der Waals surface area contributed by atoms with Crippen molar-refractivity contribution in [3.63, 3.8) is 0 Å². The minimum atomic E-state index is -0.505. The number of likely N-dealkylation sites (N-methyl/N-ethyl adjacent to an activating group) is 1. The molecule has 0 bridgehead atoms. The van der Waals surface area contributed by atoms with E-state index < -0.39 is 11.7 Å². The monoisotopic (exact) mass is 467 g/mol. The van der Waals surface area contributed by atoms with Gasteiger partial charge < -0.3 is 19.8 Å². The summed E-state index contributed by atoms with van der Waals surface area (Å²) < 4.78 is 0. The van der Waals surface area contributed by atoms with Gasteiger partial charge in [-0.1, -0.05) is 23.9 Å². The Morgan fingerprint density at radius 2 is 1.76 bits per heavy atom. The molecule has 1 saturated heterocycles.